The van der Waals surface area contributed by atoms with Crippen LogP contribution in [0, 0.1) is 11.8 Å². The molecule has 0 rings (SSSR count). The lowest BCUT2D eigenvalue weighted by molar-refractivity contribution is -0.135. The van der Waals surface area contributed by atoms with E-state index in [1.807, 2.05) is 13.8 Å². The largest absolute Gasteiger partial charge is 0.396 e. The van der Waals surface area contributed by atoms with E-state index in [1.165, 1.54) is 0 Å². The lowest BCUT2D eigenvalue weighted by Gasteiger charge is -2.38. The van der Waals surface area contributed by atoms with Crippen molar-refractivity contribution in [1.82, 2.24) is 0 Å². The quantitative estimate of drug-likeness (QED) is 0.418. The van der Waals surface area contributed by atoms with Crippen molar-refractivity contribution in [2.45, 2.75) is 124 Å². The standard InChI is InChI=1S/C22H46O3/c1-18(13-16-23)11-10-15-21(5,6)25-22(7,8)17-19(2)12-9-14-20(3,4)24/h18-19,23-24H,9-17H2,1-8H3. The van der Waals surface area contributed by atoms with Gasteiger partial charge in [-0.25, -0.2) is 0 Å². The number of ether oxygens (including phenoxy) is 1. The molecule has 25 heavy (non-hydrogen) atoms. The highest BCUT2D eigenvalue weighted by atomic mass is 16.5. The van der Waals surface area contributed by atoms with Crippen molar-refractivity contribution in [3.05, 3.63) is 0 Å². The molecule has 0 spiro atoms. The van der Waals surface area contributed by atoms with E-state index in [0.717, 1.165) is 51.4 Å². The molecule has 0 heterocycles. The molecule has 0 radical (unpaired) electrons. The fourth-order valence-corrected chi connectivity index (χ4v) is 3.91. The summed E-state index contributed by atoms with van der Waals surface area (Å²) in [7, 11) is 0. The van der Waals surface area contributed by atoms with Gasteiger partial charge in [0.15, 0.2) is 0 Å². The van der Waals surface area contributed by atoms with Crippen molar-refractivity contribution in [2.75, 3.05) is 6.61 Å². The van der Waals surface area contributed by atoms with Gasteiger partial charge in [0.25, 0.3) is 0 Å². The summed E-state index contributed by atoms with van der Waals surface area (Å²) in [5, 5.41) is 18.8. The maximum Gasteiger partial charge on any atom is 0.0636 e. The topological polar surface area (TPSA) is 49.7 Å². The summed E-state index contributed by atoms with van der Waals surface area (Å²) in [5.74, 6) is 1.18. The summed E-state index contributed by atoms with van der Waals surface area (Å²) in [6, 6.07) is 0. The molecule has 0 saturated carbocycles. The monoisotopic (exact) mass is 358 g/mol. The second-order valence-corrected chi connectivity index (χ2v) is 10.1. The van der Waals surface area contributed by atoms with E-state index in [4.69, 9.17) is 9.84 Å². The van der Waals surface area contributed by atoms with Crippen LogP contribution in [0.15, 0.2) is 0 Å². The normalized spacial score (nSPS) is 16.1. The smallest absolute Gasteiger partial charge is 0.0636 e. The molecule has 0 aromatic rings. The second kappa shape index (κ2) is 10.9. The summed E-state index contributed by atoms with van der Waals surface area (Å²) in [5.41, 5.74) is -0.801. The van der Waals surface area contributed by atoms with Gasteiger partial charge >= 0.3 is 0 Å². The first-order valence-corrected chi connectivity index (χ1v) is 10.3. The SMILES string of the molecule is CC(CCO)CCCC(C)(C)OC(C)(C)CC(C)CCCC(C)(C)O. The number of aliphatic hydroxyl groups is 2. The molecule has 0 saturated heterocycles. The molecule has 0 aliphatic rings. The number of hydrogen-bond acceptors (Lipinski definition) is 3. The third kappa shape index (κ3) is 14.7. The first kappa shape index (κ1) is 24.9. The van der Waals surface area contributed by atoms with Gasteiger partial charge in [0.2, 0.25) is 0 Å². The third-order valence-electron chi connectivity index (χ3n) is 4.98. The van der Waals surface area contributed by atoms with E-state index in [9.17, 15) is 5.11 Å². The lowest BCUT2D eigenvalue weighted by Crippen LogP contribution is -2.38. The lowest BCUT2D eigenvalue weighted by atomic mass is 9.88. The van der Waals surface area contributed by atoms with Gasteiger partial charge in [-0.05, 0) is 79.1 Å². The zero-order valence-electron chi connectivity index (χ0n) is 18.3. The fourth-order valence-electron chi connectivity index (χ4n) is 3.91. The summed E-state index contributed by atoms with van der Waals surface area (Å²) in [6.07, 6.45) is 8.35. The van der Waals surface area contributed by atoms with E-state index in [1.54, 1.807) is 0 Å². The van der Waals surface area contributed by atoms with E-state index in [-0.39, 0.29) is 11.2 Å². The van der Waals surface area contributed by atoms with Gasteiger partial charge in [-0.1, -0.05) is 39.5 Å². The Morgan fingerprint density at radius 3 is 1.80 bits per heavy atom. The van der Waals surface area contributed by atoms with Crippen LogP contribution < -0.4 is 0 Å². The van der Waals surface area contributed by atoms with Crippen LogP contribution >= 0.6 is 0 Å². The number of aliphatic hydroxyl groups excluding tert-OH is 1. The third-order valence-corrected chi connectivity index (χ3v) is 4.98. The van der Waals surface area contributed by atoms with Gasteiger partial charge in [0, 0.05) is 6.61 Å². The molecule has 2 N–H and O–H groups in total. The summed E-state index contributed by atoms with van der Waals surface area (Å²) in [4.78, 5) is 0. The van der Waals surface area contributed by atoms with Crippen molar-refractivity contribution in [2.24, 2.45) is 11.8 Å². The Morgan fingerprint density at radius 2 is 1.28 bits per heavy atom. The molecular formula is C22H46O3. The molecule has 0 bridgehead atoms. The predicted molar refractivity (Wildman–Crippen MR) is 108 cm³/mol. The highest BCUT2D eigenvalue weighted by Gasteiger charge is 2.30. The number of hydrogen-bond donors (Lipinski definition) is 2. The first-order valence-electron chi connectivity index (χ1n) is 10.3. The van der Waals surface area contributed by atoms with Crippen LogP contribution in [0.4, 0.5) is 0 Å². The van der Waals surface area contributed by atoms with Gasteiger partial charge in [-0.2, -0.15) is 0 Å². The van der Waals surface area contributed by atoms with Gasteiger partial charge in [-0.15, -0.1) is 0 Å². The molecule has 0 amide bonds. The number of rotatable bonds is 14. The summed E-state index contributed by atoms with van der Waals surface area (Å²) in [6.45, 7) is 17.4. The van der Waals surface area contributed by atoms with E-state index in [0.29, 0.717) is 18.4 Å². The zero-order valence-corrected chi connectivity index (χ0v) is 18.3. The zero-order chi connectivity index (χ0) is 19.7. The summed E-state index contributed by atoms with van der Waals surface area (Å²) >= 11 is 0. The Labute approximate surface area is 157 Å². The average Bonchev–Trinajstić information content (AvgIpc) is 2.34. The van der Waals surface area contributed by atoms with Crippen molar-refractivity contribution in [3.63, 3.8) is 0 Å². The van der Waals surface area contributed by atoms with Crippen LogP contribution in [-0.4, -0.2) is 33.6 Å². The van der Waals surface area contributed by atoms with E-state index < -0.39 is 5.60 Å². The maximum atomic E-state index is 9.83. The minimum Gasteiger partial charge on any atom is -0.396 e. The molecule has 3 nitrogen and oxygen atoms in total. The average molecular weight is 359 g/mol. The van der Waals surface area contributed by atoms with E-state index in [2.05, 4.69) is 41.5 Å². The van der Waals surface area contributed by atoms with Gasteiger partial charge < -0.3 is 14.9 Å². The van der Waals surface area contributed by atoms with Crippen LogP contribution in [0.25, 0.3) is 0 Å². The molecule has 0 aromatic heterocycles. The molecule has 0 fully saturated rings. The summed E-state index contributed by atoms with van der Waals surface area (Å²) < 4.78 is 6.49. The van der Waals surface area contributed by atoms with Crippen molar-refractivity contribution >= 4 is 0 Å². The van der Waals surface area contributed by atoms with Crippen LogP contribution in [0.3, 0.4) is 0 Å². The molecule has 2 unspecified atom stereocenters. The highest BCUT2D eigenvalue weighted by Crippen LogP contribution is 2.32. The van der Waals surface area contributed by atoms with Gasteiger partial charge in [0.1, 0.15) is 0 Å². The Bertz CT molecular complexity index is 342. The molecule has 0 aliphatic heterocycles. The predicted octanol–water partition coefficient (Wildman–Crippen LogP) is 5.72. The molecule has 0 aromatic carbocycles. The van der Waals surface area contributed by atoms with Gasteiger partial charge in [-0.3, -0.25) is 0 Å². The Balaban J connectivity index is 4.24. The van der Waals surface area contributed by atoms with Crippen LogP contribution in [0.2, 0.25) is 0 Å². The molecule has 152 valence electrons. The minimum absolute atomic E-state index is 0.116. The van der Waals surface area contributed by atoms with Crippen molar-refractivity contribution in [3.8, 4) is 0 Å². The van der Waals surface area contributed by atoms with Crippen molar-refractivity contribution < 1.29 is 14.9 Å². The maximum absolute atomic E-state index is 9.83. The molecule has 0 aliphatic carbocycles. The Hall–Kier alpha value is -0.120. The first-order chi connectivity index (χ1) is 11.3. The molecule has 2 atom stereocenters. The van der Waals surface area contributed by atoms with Crippen LogP contribution in [0.1, 0.15) is 107 Å². The van der Waals surface area contributed by atoms with Crippen LogP contribution in [-0.2, 0) is 4.74 Å². The molecule has 3 heteroatoms. The minimum atomic E-state index is -0.555. The highest BCUT2D eigenvalue weighted by molar-refractivity contribution is 4.80. The Morgan fingerprint density at radius 1 is 0.760 bits per heavy atom. The van der Waals surface area contributed by atoms with Crippen molar-refractivity contribution in [1.29, 1.82) is 0 Å². The fraction of sp³-hybridized carbons (Fsp3) is 1.00. The van der Waals surface area contributed by atoms with E-state index >= 15 is 0 Å². The van der Waals surface area contributed by atoms with Crippen LogP contribution in [0.5, 0.6) is 0 Å². The molecular weight excluding hydrogens is 312 g/mol. The Kier molecular flexibility index (Phi) is 10.8. The van der Waals surface area contributed by atoms with Gasteiger partial charge in [0.05, 0.1) is 16.8 Å². The second-order valence-electron chi connectivity index (χ2n) is 10.1.